The number of carbonyl (C=O) groups is 1. The highest BCUT2D eigenvalue weighted by atomic mass is 127. The van der Waals surface area contributed by atoms with E-state index in [2.05, 4.69) is 34.4 Å². The fourth-order valence-electron chi connectivity index (χ4n) is 3.14. The number of aliphatic imine (C=N–C) groups is 1. The summed E-state index contributed by atoms with van der Waals surface area (Å²) in [5.74, 6) is 0.837. The fraction of sp³-hybridized carbons (Fsp3) is 0.882. The van der Waals surface area contributed by atoms with Crippen LogP contribution in [0.5, 0.6) is 0 Å². The Kier molecular flexibility index (Phi) is 10.0. The Hall–Kier alpha value is -0.610. The lowest BCUT2D eigenvalue weighted by Gasteiger charge is -2.41. The Bertz CT molecular complexity index is 433. The molecule has 8 heteroatoms. The van der Waals surface area contributed by atoms with Crippen LogP contribution >= 0.6 is 24.0 Å². The van der Waals surface area contributed by atoms with Gasteiger partial charge in [-0.1, -0.05) is 0 Å². The van der Waals surface area contributed by atoms with Crippen molar-refractivity contribution in [2.45, 2.75) is 39.2 Å². The summed E-state index contributed by atoms with van der Waals surface area (Å²) in [6, 6.07) is 0. The molecule has 0 aromatic carbocycles. The minimum absolute atomic E-state index is 0. The van der Waals surface area contributed by atoms with E-state index in [0.717, 1.165) is 65.3 Å². The number of nitrogens with zero attached hydrogens (tertiary/aromatic N) is 3. The molecule has 0 aromatic rings. The second-order valence-electron chi connectivity index (χ2n) is 7.05. The van der Waals surface area contributed by atoms with Gasteiger partial charge in [-0.3, -0.25) is 9.69 Å². The normalized spacial score (nSPS) is 19.5. The van der Waals surface area contributed by atoms with E-state index in [9.17, 15) is 4.79 Å². The second kappa shape index (κ2) is 11.2. The van der Waals surface area contributed by atoms with Crippen molar-refractivity contribution < 1.29 is 9.53 Å². The summed E-state index contributed by atoms with van der Waals surface area (Å²) in [6.07, 6.45) is 2.23. The number of likely N-dealkylation sites (tertiary alicyclic amines) is 1. The largest absolute Gasteiger partial charge is 0.379 e. The molecule has 25 heavy (non-hydrogen) atoms. The first-order chi connectivity index (χ1) is 11.5. The number of morpholine rings is 1. The standard InChI is InChI=1S/C17H33N5O2.HI/c1-4-18-16(19-13-15(23)21-7-5-6-8-21)20-14-17(2,3)22-9-11-24-12-10-22;/h4-14H2,1-3H3,(H2,18,19,20);1H. The van der Waals surface area contributed by atoms with Crippen LogP contribution in [0.25, 0.3) is 0 Å². The van der Waals surface area contributed by atoms with Crippen LogP contribution in [-0.2, 0) is 9.53 Å². The van der Waals surface area contributed by atoms with Crippen LogP contribution in [0, 0.1) is 0 Å². The van der Waals surface area contributed by atoms with E-state index < -0.39 is 0 Å². The first kappa shape index (κ1) is 22.4. The number of nitrogens with one attached hydrogen (secondary N) is 2. The van der Waals surface area contributed by atoms with Crippen molar-refractivity contribution in [3.63, 3.8) is 0 Å². The molecule has 0 aromatic heterocycles. The molecule has 0 aliphatic carbocycles. The van der Waals surface area contributed by atoms with Crippen LogP contribution in [0.1, 0.15) is 33.6 Å². The van der Waals surface area contributed by atoms with Crippen molar-refractivity contribution in [1.29, 1.82) is 0 Å². The van der Waals surface area contributed by atoms with Crippen LogP contribution in [0.4, 0.5) is 0 Å². The number of hydrogen-bond acceptors (Lipinski definition) is 4. The SMILES string of the molecule is CCNC(=NCC(=O)N1CCCC1)NCC(C)(C)N1CCOCC1.I. The zero-order chi connectivity index (χ0) is 17.4. The summed E-state index contributed by atoms with van der Waals surface area (Å²) in [6.45, 7) is 13.5. The molecule has 2 N–H and O–H groups in total. The third-order valence-corrected chi connectivity index (χ3v) is 4.73. The first-order valence-electron chi connectivity index (χ1n) is 9.15. The Morgan fingerprint density at radius 1 is 1.12 bits per heavy atom. The number of hydrogen-bond donors (Lipinski definition) is 2. The summed E-state index contributed by atoms with van der Waals surface area (Å²) in [5.41, 5.74) is 0.0128. The van der Waals surface area contributed by atoms with Gasteiger partial charge in [-0.2, -0.15) is 0 Å². The molecule has 7 nitrogen and oxygen atoms in total. The first-order valence-corrected chi connectivity index (χ1v) is 9.15. The van der Waals surface area contributed by atoms with Gasteiger partial charge in [-0.15, -0.1) is 24.0 Å². The molecule has 0 unspecified atom stereocenters. The molecular formula is C17H34IN5O2. The maximum Gasteiger partial charge on any atom is 0.244 e. The fourth-order valence-corrected chi connectivity index (χ4v) is 3.14. The summed E-state index contributed by atoms with van der Waals surface area (Å²) in [5, 5.41) is 6.62. The van der Waals surface area contributed by atoms with Crippen LogP contribution in [-0.4, -0.2) is 86.2 Å². The van der Waals surface area contributed by atoms with E-state index in [1.54, 1.807) is 0 Å². The smallest absolute Gasteiger partial charge is 0.244 e. The summed E-state index contributed by atoms with van der Waals surface area (Å²) in [7, 11) is 0. The molecular weight excluding hydrogens is 433 g/mol. The monoisotopic (exact) mass is 467 g/mol. The van der Waals surface area contributed by atoms with Gasteiger partial charge in [0.1, 0.15) is 6.54 Å². The van der Waals surface area contributed by atoms with E-state index in [0.29, 0.717) is 5.96 Å². The molecule has 2 fully saturated rings. The molecule has 0 radical (unpaired) electrons. The molecule has 2 aliphatic rings. The Balaban J connectivity index is 0.00000312. The Labute approximate surface area is 169 Å². The molecule has 0 bridgehead atoms. The van der Waals surface area contributed by atoms with Crippen molar-refractivity contribution >= 4 is 35.8 Å². The van der Waals surface area contributed by atoms with Crippen molar-refractivity contribution in [3.05, 3.63) is 0 Å². The van der Waals surface area contributed by atoms with Gasteiger partial charge in [0.15, 0.2) is 5.96 Å². The third-order valence-electron chi connectivity index (χ3n) is 4.73. The van der Waals surface area contributed by atoms with Gasteiger partial charge in [0, 0.05) is 44.8 Å². The number of carbonyl (C=O) groups excluding carboxylic acids is 1. The predicted molar refractivity (Wildman–Crippen MR) is 112 cm³/mol. The number of amides is 1. The van der Waals surface area contributed by atoms with Crippen LogP contribution in [0.2, 0.25) is 0 Å². The van der Waals surface area contributed by atoms with E-state index in [1.807, 2.05) is 11.8 Å². The van der Waals surface area contributed by atoms with Crippen molar-refractivity contribution in [2.75, 3.05) is 59.0 Å². The number of ether oxygens (including phenoxy) is 1. The van der Waals surface area contributed by atoms with Crippen LogP contribution in [0.3, 0.4) is 0 Å². The third kappa shape index (κ3) is 7.26. The van der Waals surface area contributed by atoms with Crippen LogP contribution < -0.4 is 10.6 Å². The van der Waals surface area contributed by atoms with Gasteiger partial charge in [0.25, 0.3) is 0 Å². The molecule has 2 aliphatic heterocycles. The zero-order valence-electron chi connectivity index (χ0n) is 15.8. The molecule has 0 atom stereocenters. The molecule has 2 rings (SSSR count). The van der Waals surface area contributed by atoms with Gasteiger partial charge in [0.2, 0.25) is 5.91 Å². The van der Waals surface area contributed by atoms with Crippen molar-refractivity contribution in [3.8, 4) is 0 Å². The van der Waals surface area contributed by atoms with E-state index in [1.165, 1.54) is 0 Å². The average Bonchev–Trinajstić information content (AvgIpc) is 3.12. The highest BCUT2D eigenvalue weighted by Crippen LogP contribution is 2.15. The van der Waals surface area contributed by atoms with Gasteiger partial charge < -0.3 is 20.3 Å². The molecule has 1 amide bonds. The zero-order valence-corrected chi connectivity index (χ0v) is 18.2. The highest BCUT2D eigenvalue weighted by molar-refractivity contribution is 14.0. The van der Waals surface area contributed by atoms with Crippen molar-refractivity contribution in [2.24, 2.45) is 4.99 Å². The lowest BCUT2D eigenvalue weighted by Crippen LogP contribution is -2.56. The van der Waals surface area contributed by atoms with Crippen LogP contribution in [0.15, 0.2) is 4.99 Å². The number of rotatable bonds is 6. The van der Waals surface area contributed by atoms with E-state index in [-0.39, 0.29) is 42.0 Å². The topological polar surface area (TPSA) is 69.2 Å². The lowest BCUT2D eigenvalue weighted by molar-refractivity contribution is -0.128. The van der Waals surface area contributed by atoms with E-state index in [4.69, 9.17) is 4.74 Å². The maximum atomic E-state index is 12.1. The molecule has 2 heterocycles. The Morgan fingerprint density at radius 2 is 1.76 bits per heavy atom. The summed E-state index contributed by atoms with van der Waals surface area (Å²) >= 11 is 0. The second-order valence-corrected chi connectivity index (χ2v) is 7.05. The van der Waals surface area contributed by atoms with Gasteiger partial charge >= 0.3 is 0 Å². The maximum absolute atomic E-state index is 12.1. The summed E-state index contributed by atoms with van der Waals surface area (Å²) in [4.78, 5) is 21.0. The predicted octanol–water partition coefficient (Wildman–Crippen LogP) is 0.893. The molecule has 146 valence electrons. The van der Waals surface area contributed by atoms with E-state index >= 15 is 0 Å². The average molecular weight is 467 g/mol. The molecule has 0 spiro atoms. The minimum atomic E-state index is 0. The highest BCUT2D eigenvalue weighted by Gasteiger charge is 2.28. The van der Waals surface area contributed by atoms with Gasteiger partial charge in [0.05, 0.1) is 13.2 Å². The Morgan fingerprint density at radius 3 is 2.36 bits per heavy atom. The number of guanidine groups is 1. The van der Waals surface area contributed by atoms with Crippen molar-refractivity contribution in [1.82, 2.24) is 20.4 Å². The molecule has 2 saturated heterocycles. The lowest BCUT2D eigenvalue weighted by atomic mass is 10.0. The minimum Gasteiger partial charge on any atom is -0.379 e. The number of halogens is 1. The van der Waals surface area contributed by atoms with Gasteiger partial charge in [-0.05, 0) is 33.6 Å². The molecule has 0 saturated carbocycles. The summed E-state index contributed by atoms with van der Waals surface area (Å²) < 4.78 is 5.43. The quantitative estimate of drug-likeness (QED) is 0.345. The van der Waals surface area contributed by atoms with Gasteiger partial charge in [-0.25, -0.2) is 4.99 Å².